The summed E-state index contributed by atoms with van der Waals surface area (Å²) in [6.07, 6.45) is 5.82. The maximum absolute atomic E-state index is 10.2. The second-order valence-corrected chi connectivity index (χ2v) is 9.62. The molecule has 0 unspecified atom stereocenters. The molecular formula is C15H25O3P. The van der Waals surface area contributed by atoms with Crippen molar-refractivity contribution in [3.05, 3.63) is 29.8 Å². The van der Waals surface area contributed by atoms with Crippen LogP contribution in [-0.4, -0.2) is 35.7 Å². The number of aromatic carboxylic acids is 1. The van der Waals surface area contributed by atoms with Crippen molar-refractivity contribution < 1.29 is 15.0 Å². The number of hydrogen-bond donors (Lipinski definition) is 1. The number of carbonyl (C=O) groups excluding carboxylic acids is 1. The van der Waals surface area contributed by atoms with Gasteiger partial charge in [-0.25, -0.2) is 0 Å². The van der Waals surface area contributed by atoms with Crippen LogP contribution in [0.3, 0.4) is 0 Å². The Hall–Kier alpha value is -1.08. The van der Waals surface area contributed by atoms with Gasteiger partial charge in [0.25, 0.3) is 0 Å². The summed E-state index contributed by atoms with van der Waals surface area (Å²) in [6, 6.07) is 5.64. The van der Waals surface area contributed by atoms with Crippen molar-refractivity contribution in [3.8, 4) is 5.75 Å². The van der Waals surface area contributed by atoms with E-state index < -0.39 is 13.2 Å². The molecule has 0 aliphatic heterocycles. The monoisotopic (exact) mass is 284 g/mol. The van der Waals surface area contributed by atoms with Crippen molar-refractivity contribution in [1.29, 1.82) is 0 Å². The predicted octanol–water partition coefficient (Wildman–Crippen LogP) is 2.84. The molecule has 0 radical (unpaired) electrons. The summed E-state index contributed by atoms with van der Waals surface area (Å²) in [5, 5.41) is 19.0. The van der Waals surface area contributed by atoms with Gasteiger partial charge in [0.05, 0.1) is 30.6 Å². The first-order valence-corrected chi connectivity index (χ1v) is 9.33. The summed E-state index contributed by atoms with van der Waals surface area (Å²) in [7, 11) is -0.420. The van der Waals surface area contributed by atoms with E-state index in [1.54, 1.807) is 6.07 Å². The van der Waals surface area contributed by atoms with Crippen LogP contribution in [0.5, 0.6) is 5.75 Å². The normalized spacial score (nSPS) is 10.5. The quantitative estimate of drug-likeness (QED) is 0.846. The standard InChI is InChI=1S/C8H20P.C7H6O3/c1-5-9(6-2,7-3)8-4;8-6-4-2-1-3-5(6)7(9)10/h5-8H2,1-4H3;1-4,8H,(H,9,10)/q+1;/p-1. The van der Waals surface area contributed by atoms with Crippen LogP contribution >= 0.6 is 7.26 Å². The molecule has 0 saturated carbocycles. The topological polar surface area (TPSA) is 60.4 Å². The number of carboxylic acids is 1. The van der Waals surface area contributed by atoms with E-state index in [9.17, 15) is 9.90 Å². The molecule has 19 heavy (non-hydrogen) atoms. The Morgan fingerprint density at radius 2 is 1.47 bits per heavy atom. The Kier molecular flexibility index (Phi) is 8.42. The third kappa shape index (κ3) is 5.61. The molecule has 3 nitrogen and oxygen atoms in total. The van der Waals surface area contributed by atoms with Crippen molar-refractivity contribution in [2.24, 2.45) is 0 Å². The highest BCUT2D eigenvalue weighted by molar-refractivity contribution is 7.75. The smallest absolute Gasteiger partial charge is 0.124 e. The number of aromatic hydroxyl groups is 1. The van der Waals surface area contributed by atoms with Gasteiger partial charge in [0.1, 0.15) is 5.75 Å². The lowest BCUT2D eigenvalue weighted by Crippen LogP contribution is -2.22. The fourth-order valence-corrected chi connectivity index (χ4v) is 4.67. The Bertz CT molecular complexity index is 369. The molecule has 0 amide bonds. The Morgan fingerprint density at radius 1 is 1.05 bits per heavy atom. The summed E-state index contributed by atoms with van der Waals surface area (Å²) in [6.45, 7) is 9.41. The molecule has 0 aromatic heterocycles. The molecule has 108 valence electrons. The fourth-order valence-electron chi connectivity index (χ4n) is 1.99. The van der Waals surface area contributed by atoms with E-state index in [-0.39, 0.29) is 11.3 Å². The molecule has 0 fully saturated rings. The SMILES string of the molecule is CC[P+](CC)(CC)CC.O=C([O-])c1ccccc1O. The molecule has 0 aliphatic carbocycles. The molecule has 0 spiro atoms. The van der Waals surface area contributed by atoms with Crippen molar-refractivity contribution in [3.63, 3.8) is 0 Å². The minimum absolute atomic E-state index is 0.178. The number of hydrogen-bond acceptors (Lipinski definition) is 3. The summed E-state index contributed by atoms with van der Waals surface area (Å²) >= 11 is 0. The number of rotatable bonds is 5. The van der Waals surface area contributed by atoms with E-state index in [2.05, 4.69) is 27.7 Å². The molecule has 1 N–H and O–H groups in total. The predicted molar refractivity (Wildman–Crippen MR) is 81.5 cm³/mol. The average Bonchev–Trinajstić information content (AvgIpc) is 2.43. The Morgan fingerprint density at radius 3 is 1.68 bits per heavy atom. The van der Waals surface area contributed by atoms with Crippen LogP contribution in [0.1, 0.15) is 38.1 Å². The van der Waals surface area contributed by atoms with E-state index >= 15 is 0 Å². The average molecular weight is 284 g/mol. The summed E-state index contributed by atoms with van der Waals surface area (Å²) in [5.74, 6) is -1.62. The first-order valence-electron chi connectivity index (χ1n) is 6.80. The first-order chi connectivity index (χ1) is 8.96. The van der Waals surface area contributed by atoms with Crippen molar-refractivity contribution in [2.75, 3.05) is 24.6 Å². The third-order valence-electron chi connectivity index (χ3n) is 3.81. The molecular weight excluding hydrogens is 259 g/mol. The largest absolute Gasteiger partial charge is 0.545 e. The molecule has 0 aliphatic rings. The maximum Gasteiger partial charge on any atom is 0.124 e. The molecule has 4 heteroatoms. The van der Waals surface area contributed by atoms with Gasteiger partial charge in [-0.2, -0.15) is 0 Å². The molecule has 1 aromatic carbocycles. The van der Waals surface area contributed by atoms with Crippen molar-refractivity contribution in [1.82, 2.24) is 0 Å². The van der Waals surface area contributed by atoms with Gasteiger partial charge in [-0.3, -0.25) is 0 Å². The molecule has 1 rings (SSSR count). The van der Waals surface area contributed by atoms with Gasteiger partial charge in [0, 0.05) is 12.8 Å². The zero-order valence-corrected chi connectivity index (χ0v) is 13.2. The van der Waals surface area contributed by atoms with Gasteiger partial charge in [0.2, 0.25) is 0 Å². The highest BCUT2D eigenvalue weighted by Crippen LogP contribution is 2.57. The highest BCUT2D eigenvalue weighted by atomic mass is 31.2. The molecule has 0 heterocycles. The van der Waals surface area contributed by atoms with E-state index in [1.807, 2.05) is 0 Å². The van der Waals surface area contributed by atoms with Gasteiger partial charge in [0.15, 0.2) is 0 Å². The number of carboxylic acid groups (broad SMARTS) is 1. The lowest BCUT2D eigenvalue weighted by molar-refractivity contribution is -0.255. The molecule has 1 aromatic rings. The number of para-hydroxylation sites is 1. The van der Waals surface area contributed by atoms with Crippen LogP contribution in [0, 0.1) is 0 Å². The van der Waals surface area contributed by atoms with Crippen LogP contribution in [0.25, 0.3) is 0 Å². The Balaban J connectivity index is 0.000000344. The van der Waals surface area contributed by atoms with Gasteiger partial charge in [-0.05, 0) is 39.8 Å². The van der Waals surface area contributed by atoms with E-state index in [4.69, 9.17) is 5.11 Å². The second-order valence-electron chi connectivity index (χ2n) is 4.41. The number of carbonyl (C=O) groups is 1. The van der Waals surface area contributed by atoms with Crippen LogP contribution in [0.4, 0.5) is 0 Å². The fraction of sp³-hybridized carbons (Fsp3) is 0.533. The first kappa shape index (κ1) is 17.9. The molecule has 0 atom stereocenters. The molecule has 0 saturated heterocycles. The minimum Gasteiger partial charge on any atom is -0.545 e. The maximum atomic E-state index is 10.2. The number of phenols is 1. The minimum atomic E-state index is -1.36. The number of benzene rings is 1. The Labute approximate surface area is 117 Å². The van der Waals surface area contributed by atoms with Crippen LogP contribution < -0.4 is 5.11 Å². The lowest BCUT2D eigenvalue weighted by Gasteiger charge is -2.20. The van der Waals surface area contributed by atoms with Crippen molar-refractivity contribution in [2.45, 2.75) is 27.7 Å². The van der Waals surface area contributed by atoms with E-state index in [1.165, 1.54) is 42.8 Å². The zero-order chi connectivity index (χ0) is 14.9. The second kappa shape index (κ2) is 8.92. The van der Waals surface area contributed by atoms with E-state index in [0.717, 1.165) is 0 Å². The zero-order valence-electron chi connectivity index (χ0n) is 12.3. The van der Waals surface area contributed by atoms with Gasteiger partial charge >= 0.3 is 0 Å². The van der Waals surface area contributed by atoms with Crippen LogP contribution in [0.2, 0.25) is 0 Å². The van der Waals surface area contributed by atoms with Crippen molar-refractivity contribution >= 4 is 13.2 Å². The lowest BCUT2D eigenvalue weighted by atomic mass is 10.2. The van der Waals surface area contributed by atoms with Gasteiger partial charge in [-0.15, -0.1) is 0 Å². The third-order valence-corrected chi connectivity index (χ3v) is 9.17. The highest BCUT2D eigenvalue weighted by Gasteiger charge is 2.27. The van der Waals surface area contributed by atoms with Gasteiger partial charge < -0.3 is 15.0 Å². The van der Waals surface area contributed by atoms with E-state index in [0.29, 0.717) is 0 Å². The summed E-state index contributed by atoms with van der Waals surface area (Å²) in [5.41, 5.74) is -0.178. The van der Waals surface area contributed by atoms with Crippen LogP contribution in [-0.2, 0) is 0 Å². The summed E-state index contributed by atoms with van der Waals surface area (Å²) < 4.78 is 0. The summed E-state index contributed by atoms with van der Waals surface area (Å²) in [4.78, 5) is 10.2. The van der Waals surface area contributed by atoms with Crippen LogP contribution in [0.15, 0.2) is 24.3 Å². The van der Waals surface area contributed by atoms with Gasteiger partial charge in [-0.1, -0.05) is 12.1 Å². The molecule has 0 bridgehead atoms.